The number of phenols is 8. The third-order valence-electron chi connectivity index (χ3n) is 9.82. The first kappa shape index (κ1) is 39.7. The fourth-order valence-electron chi connectivity index (χ4n) is 7.04. The topological polar surface area (TPSA) is 180 Å². The molecule has 0 aromatic heterocycles. The summed E-state index contributed by atoms with van der Waals surface area (Å²) in [5, 5.41) is 97.0. The molecule has 0 saturated carbocycles. The highest BCUT2D eigenvalue weighted by Crippen LogP contribution is 2.46. The fraction of sp³-hybridized carbons (Fsp3) is 0.182. The number of hydrogen-bond donors (Lipinski definition) is 8. The highest BCUT2D eigenvalue weighted by atomic mass is 32.2. The Hall–Kier alpha value is -5.98. The van der Waals surface area contributed by atoms with Gasteiger partial charge in [0.15, 0.2) is 23.0 Å². The molecule has 0 saturated heterocycles. The van der Waals surface area contributed by atoms with Gasteiger partial charge in [0.2, 0.25) is 0 Å². The predicted molar refractivity (Wildman–Crippen MR) is 223 cm³/mol. The molecule has 290 valence electrons. The molecule has 0 aliphatic heterocycles. The van der Waals surface area contributed by atoms with E-state index >= 15 is 0 Å². The van der Waals surface area contributed by atoms with E-state index in [0.29, 0.717) is 17.1 Å². The lowest BCUT2D eigenvalue weighted by molar-refractivity contribution is 0.395. The monoisotopic (exact) mass is 794 g/mol. The third kappa shape index (κ3) is 6.48. The van der Waals surface area contributed by atoms with Crippen LogP contribution in [0.15, 0.2) is 58.3 Å². The Morgan fingerprint density at radius 3 is 1.46 bits per heavy atom. The molecular weight excluding hydrogens is 753 g/mol. The minimum Gasteiger partial charge on any atom is -0.507 e. The summed E-state index contributed by atoms with van der Waals surface area (Å²) < 4.78 is 10.5. The molecule has 0 aliphatic rings. The molecule has 0 fully saturated rings. The Balaban J connectivity index is 1.87. The van der Waals surface area contributed by atoms with E-state index in [1.807, 2.05) is 0 Å². The van der Waals surface area contributed by atoms with Gasteiger partial charge < -0.3 is 50.3 Å². The van der Waals surface area contributed by atoms with Gasteiger partial charge in [0.1, 0.15) is 34.5 Å². The highest BCUT2D eigenvalue weighted by molar-refractivity contribution is 8.06. The normalized spacial score (nSPS) is 12.9. The van der Waals surface area contributed by atoms with E-state index in [9.17, 15) is 40.9 Å². The molecule has 6 aromatic carbocycles. The van der Waals surface area contributed by atoms with Crippen molar-refractivity contribution in [2.75, 3.05) is 14.2 Å². The van der Waals surface area contributed by atoms with E-state index < -0.39 is 46.2 Å². The maximum Gasteiger partial charge on any atom is 0.166 e. The zero-order chi connectivity index (χ0) is 40.9. The Kier molecular flexibility index (Phi) is 10.8. The van der Waals surface area contributed by atoms with Gasteiger partial charge in [-0.15, -0.1) is 0 Å². The first-order valence-electron chi connectivity index (χ1n) is 17.4. The molecular formula is C44H42O10S2. The number of methoxy groups -OCH3 is 2. The van der Waals surface area contributed by atoms with E-state index in [4.69, 9.17) is 9.47 Å². The van der Waals surface area contributed by atoms with Crippen LogP contribution in [0.3, 0.4) is 0 Å². The largest absolute Gasteiger partial charge is 0.507 e. The van der Waals surface area contributed by atoms with Crippen molar-refractivity contribution < 1.29 is 50.3 Å². The van der Waals surface area contributed by atoms with E-state index in [0.717, 1.165) is 9.79 Å². The predicted octanol–water partition coefficient (Wildman–Crippen LogP) is 7.04. The second kappa shape index (κ2) is 15.3. The number of thioether (sulfide) groups is 2. The lowest BCUT2D eigenvalue weighted by Crippen LogP contribution is -2.19. The Labute approximate surface area is 330 Å². The molecule has 0 atom stereocenters. The van der Waals surface area contributed by atoms with Gasteiger partial charge >= 0.3 is 0 Å². The van der Waals surface area contributed by atoms with Crippen molar-refractivity contribution in [2.24, 2.45) is 0 Å². The summed E-state index contributed by atoms with van der Waals surface area (Å²) in [5.74, 6) is -3.10. The van der Waals surface area contributed by atoms with Crippen molar-refractivity contribution >= 4 is 68.0 Å². The maximum absolute atomic E-state index is 12.4. The quantitative estimate of drug-likeness (QED) is 0.0470. The smallest absolute Gasteiger partial charge is 0.166 e. The Morgan fingerprint density at radius 2 is 1.02 bits per heavy atom. The van der Waals surface area contributed by atoms with Gasteiger partial charge in [0, 0.05) is 73.8 Å². The molecule has 0 amide bonds. The maximum atomic E-state index is 12.4. The number of aromatic hydroxyl groups is 8. The van der Waals surface area contributed by atoms with Crippen LogP contribution < -0.4 is 30.3 Å². The number of fused-ring (bicyclic) bond motifs is 2. The van der Waals surface area contributed by atoms with Crippen molar-refractivity contribution in [3.05, 3.63) is 91.0 Å². The Morgan fingerprint density at radius 1 is 0.571 bits per heavy atom. The van der Waals surface area contributed by atoms with E-state index in [-0.39, 0.29) is 69.7 Å². The lowest BCUT2D eigenvalue weighted by atomic mass is 9.89. The van der Waals surface area contributed by atoms with Crippen LogP contribution in [-0.4, -0.2) is 55.1 Å². The fourth-order valence-corrected chi connectivity index (χ4v) is 8.59. The average Bonchev–Trinajstić information content (AvgIpc) is 3.17. The molecule has 6 aromatic rings. The molecule has 0 heterocycles. The Bertz CT molecular complexity index is 2920. The summed E-state index contributed by atoms with van der Waals surface area (Å²) in [7, 11) is 3.09. The molecule has 0 spiro atoms. The van der Waals surface area contributed by atoms with Gasteiger partial charge in [-0.25, -0.2) is 0 Å². The van der Waals surface area contributed by atoms with Gasteiger partial charge in [-0.1, -0.05) is 49.5 Å². The summed E-state index contributed by atoms with van der Waals surface area (Å²) in [5.41, 5.74) is 0.750. The SMILES string of the molecule is C=c1c(O)c2c(=C(C)C)c(O)c(O)c(=CSc3ccc(OC)cc3)c2c(O)c1=c1c(C)c(O)c2c(C(C)C)c(O)c(O)c(=CSc3ccc(OC)cc3)c2c1O. The lowest BCUT2D eigenvalue weighted by Gasteiger charge is -2.19. The van der Waals surface area contributed by atoms with Crippen LogP contribution in [0.25, 0.3) is 44.5 Å². The van der Waals surface area contributed by atoms with E-state index in [1.54, 1.807) is 90.4 Å². The summed E-state index contributed by atoms with van der Waals surface area (Å²) in [6, 6.07) is 14.2. The van der Waals surface area contributed by atoms with Gasteiger partial charge in [-0.3, -0.25) is 0 Å². The zero-order valence-corrected chi connectivity index (χ0v) is 33.4. The van der Waals surface area contributed by atoms with Crippen LogP contribution in [-0.2, 0) is 0 Å². The third-order valence-corrected chi connectivity index (χ3v) is 11.6. The van der Waals surface area contributed by atoms with Crippen molar-refractivity contribution in [3.63, 3.8) is 0 Å². The average molecular weight is 795 g/mol. The van der Waals surface area contributed by atoms with Gasteiger partial charge in [0.05, 0.1) is 14.2 Å². The minimum absolute atomic E-state index is 0.00450. The number of rotatable bonds is 7. The number of phenolic OH excluding ortho intramolecular Hbond substituents is 8. The number of ether oxygens (including phenoxy) is 2. The number of hydrogen-bond acceptors (Lipinski definition) is 12. The molecule has 0 bridgehead atoms. The molecule has 0 radical (unpaired) electrons. The minimum atomic E-state index is -0.566. The van der Waals surface area contributed by atoms with Crippen molar-refractivity contribution in [1.82, 2.24) is 0 Å². The molecule has 10 nitrogen and oxygen atoms in total. The summed E-state index contributed by atoms with van der Waals surface area (Å²) >= 11 is 2.35. The molecule has 12 heteroatoms. The highest BCUT2D eigenvalue weighted by Gasteiger charge is 2.27. The standard InChI is InChI=1S/C44H42O10S2/c1-19(2)29-35-33(27(39(47)43(29)51)17-55-25-13-9-23(53-7)10-14-25)41(49)31(21(5)37(35)45)32-22(6)38(46)36-30(20(3)4)44(52)40(48)28(34(36)42(32)50)18-56-26-15-11-24(54-8)12-16-26/h9-18,20,45-52H,5H2,1-4,6-8H3. The summed E-state index contributed by atoms with van der Waals surface area (Å²) in [6.07, 6.45) is 0. The van der Waals surface area contributed by atoms with Crippen LogP contribution in [0.1, 0.15) is 44.7 Å². The van der Waals surface area contributed by atoms with Crippen LogP contribution in [0.4, 0.5) is 0 Å². The van der Waals surface area contributed by atoms with Crippen LogP contribution in [0.2, 0.25) is 0 Å². The number of benzene rings is 6. The first-order valence-corrected chi connectivity index (χ1v) is 19.2. The van der Waals surface area contributed by atoms with Crippen LogP contribution in [0, 0.1) is 17.4 Å². The first-order chi connectivity index (χ1) is 26.5. The van der Waals surface area contributed by atoms with Crippen molar-refractivity contribution in [1.29, 1.82) is 0 Å². The van der Waals surface area contributed by atoms with Gasteiger partial charge in [-0.2, -0.15) is 0 Å². The molecule has 0 unspecified atom stereocenters. The van der Waals surface area contributed by atoms with E-state index in [1.165, 1.54) is 41.3 Å². The van der Waals surface area contributed by atoms with Crippen LogP contribution >= 0.6 is 23.5 Å². The molecule has 56 heavy (non-hydrogen) atoms. The van der Waals surface area contributed by atoms with E-state index in [2.05, 4.69) is 6.58 Å². The zero-order valence-electron chi connectivity index (χ0n) is 31.8. The molecule has 6 rings (SSSR count). The summed E-state index contributed by atoms with van der Waals surface area (Å²) in [4.78, 5) is 1.46. The van der Waals surface area contributed by atoms with Crippen molar-refractivity contribution in [2.45, 2.75) is 50.3 Å². The second-order valence-corrected chi connectivity index (χ2v) is 15.6. The molecule has 0 aliphatic carbocycles. The van der Waals surface area contributed by atoms with Gasteiger partial charge in [0.25, 0.3) is 0 Å². The summed E-state index contributed by atoms with van der Waals surface area (Å²) in [6.45, 7) is 12.5. The van der Waals surface area contributed by atoms with Crippen molar-refractivity contribution in [3.8, 4) is 57.5 Å². The molecule has 8 N–H and O–H groups in total. The van der Waals surface area contributed by atoms with Crippen LogP contribution in [0.5, 0.6) is 57.5 Å². The second-order valence-electron chi connectivity index (χ2n) is 13.7. The van der Waals surface area contributed by atoms with Gasteiger partial charge in [-0.05, 0) is 86.0 Å².